The number of fused-ring (bicyclic) bond motifs is 4. The quantitative estimate of drug-likeness (QED) is 0.124. The number of amides is 1. The van der Waals surface area contributed by atoms with Crippen molar-refractivity contribution in [1.82, 2.24) is 19.5 Å². The van der Waals surface area contributed by atoms with Crippen LogP contribution in [-0.2, 0) is 17.9 Å². The Hall–Kier alpha value is -4.07. The Morgan fingerprint density at radius 2 is 1.67 bits per heavy atom. The lowest BCUT2D eigenvalue weighted by atomic mass is 10.1. The fourth-order valence-corrected chi connectivity index (χ4v) is 5.85. The smallest absolute Gasteiger partial charge is 0.250 e. The van der Waals surface area contributed by atoms with Crippen LogP contribution in [0.5, 0.6) is 0 Å². The van der Waals surface area contributed by atoms with Crippen molar-refractivity contribution in [1.29, 1.82) is 0 Å². The normalized spacial score (nSPS) is 11.7. The second-order valence-electron chi connectivity index (χ2n) is 9.22. The summed E-state index contributed by atoms with van der Waals surface area (Å²) in [5.41, 5.74) is 9.03. The summed E-state index contributed by atoms with van der Waals surface area (Å²) in [5, 5.41) is 8.10. The van der Waals surface area contributed by atoms with E-state index in [2.05, 4.69) is 63.0 Å². The zero-order chi connectivity index (χ0) is 26.8. The largest absolute Gasteiger partial charge is 0.341 e. The van der Waals surface area contributed by atoms with Crippen LogP contribution in [0.2, 0.25) is 5.02 Å². The number of nitrogens with zero attached hydrogens (tertiary/aromatic N) is 4. The molecule has 0 aliphatic heterocycles. The summed E-state index contributed by atoms with van der Waals surface area (Å²) in [6.07, 6.45) is 1.69. The van der Waals surface area contributed by atoms with Crippen LogP contribution in [0, 0.1) is 0 Å². The molecule has 0 bridgehead atoms. The van der Waals surface area contributed by atoms with Gasteiger partial charge in [-0.1, -0.05) is 71.9 Å². The molecular formula is C31H26ClN5OS. The van der Waals surface area contributed by atoms with E-state index in [1.807, 2.05) is 54.6 Å². The Morgan fingerprint density at radius 3 is 2.49 bits per heavy atom. The molecule has 0 aliphatic rings. The van der Waals surface area contributed by atoms with E-state index in [9.17, 15) is 4.79 Å². The first-order chi connectivity index (χ1) is 19.1. The Balaban J connectivity index is 1.15. The summed E-state index contributed by atoms with van der Waals surface area (Å²) < 4.78 is 4.44. The molecule has 2 aromatic heterocycles. The average molecular weight is 552 g/mol. The van der Waals surface area contributed by atoms with Crippen LogP contribution in [0.4, 0.5) is 0 Å². The van der Waals surface area contributed by atoms with Gasteiger partial charge in [-0.05, 0) is 60.5 Å². The molecule has 0 atom stereocenters. The molecule has 194 valence electrons. The number of aryl methyl sites for hydroxylation is 1. The van der Waals surface area contributed by atoms with Gasteiger partial charge in [-0.15, -0.1) is 0 Å². The predicted octanol–water partition coefficient (Wildman–Crippen LogP) is 7.11. The first kappa shape index (κ1) is 25.2. The third kappa shape index (κ3) is 5.15. The lowest BCUT2D eigenvalue weighted by molar-refractivity contribution is -0.118. The third-order valence-corrected chi connectivity index (χ3v) is 7.95. The molecule has 0 saturated carbocycles. The number of benzene rings is 4. The number of thioether (sulfide) groups is 1. The number of hydrazone groups is 1. The number of aromatic nitrogens is 3. The first-order valence-electron chi connectivity index (χ1n) is 12.8. The van der Waals surface area contributed by atoms with Crippen molar-refractivity contribution in [3.63, 3.8) is 0 Å². The van der Waals surface area contributed by atoms with E-state index >= 15 is 0 Å². The Labute approximate surface area is 235 Å². The minimum Gasteiger partial charge on any atom is -0.341 e. The highest BCUT2D eigenvalue weighted by Crippen LogP contribution is 2.29. The van der Waals surface area contributed by atoms with Crippen molar-refractivity contribution in [2.45, 2.75) is 25.2 Å². The molecule has 6 aromatic rings. The maximum atomic E-state index is 12.7. The molecule has 4 aromatic carbocycles. The second kappa shape index (κ2) is 11.0. The van der Waals surface area contributed by atoms with Gasteiger partial charge in [0.1, 0.15) is 0 Å². The highest BCUT2D eigenvalue weighted by atomic mass is 35.5. The van der Waals surface area contributed by atoms with Crippen molar-refractivity contribution in [2.24, 2.45) is 5.10 Å². The third-order valence-electron chi connectivity index (χ3n) is 6.72. The van der Waals surface area contributed by atoms with E-state index in [4.69, 9.17) is 16.6 Å². The highest BCUT2D eigenvalue weighted by Gasteiger charge is 2.14. The van der Waals surface area contributed by atoms with Crippen LogP contribution >= 0.6 is 23.4 Å². The number of hydrogen-bond acceptors (Lipinski definition) is 4. The summed E-state index contributed by atoms with van der Waals surface area (Å²) in [6.45, 7) is 3.69. The lowest BCUT2D eigenvalue weighted by Crippen LogP contribution is -2.20. The van der Waals surface area contributed by atoms with Crippen molar-refractivity contribution in [2.75, 3.05) is 5.75 Å². The van der Waals surface area contributed by atoms with Crippen LogP contribution in [0.25, 0.3) is 32.8 Å². The van der Waals surface area contributed by atoms with Gasteiger partial charge in [-0.2, -0.15) is 5.10 Å². The maximum Gasteiger partial charge on any atom is 0.250 e. The van der Waals surface area contributed by atoms with Gasteiger partial charge in [0.25, 0.3) is 5.91 Å². The minimum absolute atomic E-state index is 0.190. The minimum atomic E-state index is -0.190. The van der Waals surface area contributed by atoms with Crippen LogP contribution in [0.3, 0.4) is 0 Å². The summed E-state index contributed by atoms with van der Waals surface area (Å²) in [6, 6.07) is 30.4. The van der Waals surface area contributed by atoms with Gasteiger partial charge < -0.3 is 9.13 Å². The number of hydrogen-bond donors (Lipinski definition) is 1. The highest BCUT2D eigenvalue weighted by molar-refractivity contribution is 7.99. The van der Waals surface area contributed by atoms with E-state index in [-0.39, 0.29) is 11.7 Å². The van der Waals surface area contributed by atoms with Crippen molar-refractivity contribution < 1.29 is 4.79 Å². The predicted molar refractivity (Wildman–Crippen MR) is 162 cm³/mol. The fourth-order valence-electron chi connectivity index (χ4n) is 4.92. The number of nitrogens with one attached hydrogen (secondary N) is 1. The average Bonchev–Trinajstić information content (AvgIpc) is 3.47. The topological polar surface area (TPSA) is 64.2 Å². The zero-order valence-corrected chi connectivity index (χ0v) is 22.9. The number of carbonyl (C=O) groups is 1. The molecule has 8 heteroatoms. The summed E-state index contributed by atoms with van der Waals surface area (Å²) in [4.78, 5) is 17.4. The van der Waals surface area contributed by atoms with Crippen LogP contribution in [-0.4, -0.2) is 32.0 Å². The van der Waals surface area contributed by atoms with Gasteiger partial charge in [0.05, 0.1) is 29.5 Å². The maximum absolute atomic E-state index is 12.7. The van der Waals surface area contributed by atoms with E-state index in [0.717, 1.165) is 33.9 Å². The standard InChI is InChI=1S/C31H26ClN5OS/c1-2-36-27-9-5-3-7-24(27)25-17-22(13-16-28(25)36)18-33-35-30(38)20-39-31-34-26-8-4-6-10-29(26)37(31)19-21-11-14-23(32)15-12-21/h3-18H,2,19-20H2,1H3,(H,35,38). The summed E-state index contributed by atoms with van der Waals surface area (Å²) in [7, 11) is 0. The monoisotopic (exact) mass is 551 g/mol. The molecular weight excluding hydrogens is 526 g/mol. The number of para-hydroxylation sites is 3. The molecule has 0 spiro atoms. The van der Waals surface area contributed by atoms with Crippen molar-refractivity contribution in [3.8, 4) is 0 Å². The number of rotatable bonds is 8. The lowest BCUT2D eigenvalue weighted by Gasteiger charge is -2.09. The molecule has 1 amide bonds. The van der Waals surface area contributed by atoms with Gasteiger partial charge in [-0.3, -0.25) is 4.79 Å². The van der Waals surface area contributed by atoms with Gasteiger partial charge in [0.15, 0.2) is 5.16 Å². The molecule has 39 heavy (non-hydrogen) atoms. The van der Waals surface area contributed by atoms with E-state index in [0.29, 0.717) is 11.6 Å². The SMILES string of the molecule is CCn1c2ccccc2c2cc(C=NNC(=O)CSc3nc4ccccc4n3Cc3ccc(Cl)cc3)ccc21. The fraction of sp³-hybridized carbons (Fsp3) is 0.129. The van der Waals surface area contributed by atoms with Crippen molar-refractivity contribution in [3.05, 3.63) is 107 Å². The molecule has 6 nitrogen and oxygen atoms in total. The molecule has 2 heterocycles. The van der Waals surface area contributed by atoms with Gasteiger partial charge in [-0.25, -0.2) is 10.4 Å². The molecule has 0 unspecified atom stereocenters. The Kier molecular flexibility index (Phi) is 7.09. The molecule has 0 fully saturated rings. The van der Waals surface area contributed by atoms with Crippen molar-refractivity contribution >= 4 is 68.3 Å². The zero-order valence-electron chi connectivity index (χ0n) is 21.3. The van der Waals surface area contributed by atoms with Crippen LogP contribution in [0.1, 0.15) is 18.1 Å². The molecule has 1 N–H and O–H groups in total. The Bertz CT molecular complexity index is 1840. The van der Waals surface area contributed by atoms with E-state index < -0.39 is 0 Å². The van der Waals surface area contributed by atoms with E-state index in [1.54, 1.807) is 6.21 Å². The first-order valence-corrected chi connectivity index (χ1v) is 14.1. The summed E-state index contributed by atoms with van der Waals surface area (Å²) in [5.74, 6) is 0.00891. The molecule has 0 radical (unpaired) electrons. The van der Waals surface area contributed by atoms with Gasteiger partial charge in [0.2, 0.25) is 0 Å². The van der Waals surface area contributed by atoms with E-state index in [1.165, 1.54) is 33.6 Å². The molecule has 0 aliphatic carbocycles. The van der Waals surface area contributed by atoms with Crippen LogP contribution < -0.4 is 5.43 Å². The number of carbonyl (C=O) groups excluding carboxylic acids is 1. The Morgan fingerprint density at radius 1 is 0.923 bits per heavy atom. The van der Waals surface area contributed by atoms with Gasteiger partial charge >= 0.3 is 0 Å². The van der Waals surface area contributed by atoms with Gasteiger partial charge in [0, 0.05) is 33.4 Å². The second-order valence-corrected chi connectivity index (χ2v) is 10.6. The molecule has 6 rings (SSSR count). The molecule has 0 saturated heterocycles. The summed E-state index contributed by atoms with van der Waals surface area (Å²) >= 11 is 7.46. The number of halogens is 1. The van der Waals surface area contributed by atoms with Crippen LogP contribution in [0.15, 0.2) is 101 Å². The number of imidazole rings is 1.